The van der Waals surface area contributed by atoms with Gasteiger partial charge in [0.2, 0.25) is 0 Å². The molecule has 0 heterocycles. The average Bonchev–Trinajstić information content (AvgIpc) is 3.43. The van der Waals surface area contributed by atoms with E-state index in [0.29, 0.717) is 0 Å². The molecular weight excluding hydrogens is 809 g/mol. The lowest BCUT2D eigenvalue weighted by Gasteiger charge is -2.76. The second kappa shape index (κ2) is 17.0. The van der Waals surface area contributed by atoms with Crippen LogP contribution < -0.4 is 0 Å². The number of hydrogen-bond donors (Lipinski definition) is 0. The highest BCUT2D eigenvalue weighted by Crippen LogP contribution is 2.80. The molecule has 0 radical (unpaired) electrons. The highest BCUT2D eigenvalue weighted by molar-refractivity contribution is 6.12. The number of ketones is 1. The van der Waals surface area contributed by atoms with E-state index in [1.165, 1.54) is 0 Å². The summed E-state index contributed by atoms with van der Waals surface area (Å²) >= 11 is 0. The molecule has 1 fully saturated rings. The number of carbonyl (C=O) groups excluding carboxylic acids is 1. The van der Waals surface area contributed by atoms with Gasteiger partial charge in [-0.05, 0) is 55.6 Å². The van der Waals surface area contributed by atoms with E-state index in [0.717, 1.165) is 55.6 Å². The summed E-state index contributed by atoms with van der Waals surface area (Å²) in [5, 5.41) is 0. The van der Waals surface area contributed by atoms with E-state index < -0.39 is 27.1 Å². The van der Waals surface area contributed by atoms with E-state index in [-0.39, 0.29) is 5.78 Å². The molecule has 10 aromatic rings. The SMILES string of the molecule is O=C1C(c2ccccc2)(c2ccccc2)C(c2ccccc2)(c2ccccc2)C(c2ccccc2)(c2ccccc2)C(c2ccccc2)(c2ccccc2)C1(c1ccccc1)c1ccccc1. The minimum atomic E-state index is -1.50. The fourth-order valence-electron chi connectivity index (χ4n) is 13.2. The van der Waals surface area contributed by atoms with Crippen molar-refractivity contribution >= 4 is 5.78 Å². The minimum absolute atomic E-state index is 0.0673. The lowest BCUT2D eigenvalue weighted by Crippen LogP contribution is -2.84. The van der Waals surface area contributed by atoms with Crippen LogP contribution >= 0.6 is 0 Å². The molecule has 0 aliphatic heterocycles. The Bertz CT molecular complexity index is 2820. The largest absolute Gasteiger partial charge is 0.297 e. The summed E-state index contributed by atoms with van der Waals surface area (Å²) in [7, 11) is 0. The normalized spacial score (nSPS) is 16.4. The fraction of sp³-hybridized carbons (Fsp3) is 0.0758. The maximum absolute atomic E-state index is 19.2. The molecule has 320 valence electrons. The zero-order valence-electron chi connectivity index (χ0n) is 37.3. The zero-order chi connectivity index (χ0) is 45.2. The Morgan fingerprint density at radius 2 is 0.299 bits per heavy atom. The summed E-state index contributed by atoms with van der Waals surface area (Å²) in [6, 6.07) is 109. The second-order valence-corrected chi connectivity index (χ2v) is 17.7. The number of Topliss-reactive ketones (excluding diaryl/α,β-unsaturated/α-hetero) is 1. The third-order valence-corrected chi connectivity index (χ3v) is 15.0. The maximum Gasteiger partial charge on any atom is 0.165 e. The zero-order valence-corrected chi connectivity index (χ0v) is 37.3. The summed E-state index contributed by atoms with van der Waals surface area (Å²) in [6.07, 6.45) is 0. The summed E-state index contributed by atoms with van der Waals surface area (Å²) in [4.78, 5) is 19.2. The van der Waals surface area contributed by atoms with Crippen LogP contribution in [-0.2, 0) is 31.9 Å². The Morgan fingerprint density at radius 3 is 0.463 bits per heavy atom. The molecule has 0 amide bonds. The van der Waals surface area contributed by atoms with Gasteiger partial charge >= 0.3 is 0 Å². The van der Waals surface area contributed by atoms with E-state index in [1.54, 1.807) is 0 Å². The van der Waals surface area contributed by atoms with Crippen LogP contribution in [0.5, 0.6) is 0 Å². The van der Waals surface area contributed by atoms with Crippen LogP contribution in [0.1, 0.15) is 55.6 Å². The summed E-state index contributed by atoms with van der Waals surface area (Å²) < 4.78 is 0. The molecule has 1 aliphatic rings. The highest BCUT2D eigenvalue weighted by atomic mass is 16.1. The van der Waals surface area contributed by atoms with Crippen molar-refractivity contribution in [3.05, 3.63) is 359 Å². The van der Waals surface area contributed by atoms with E-state index >= 15 is 4.79 Å². The Hall–Kier alpha value is -8.13. The Balaban J connectivity index is 1.63. The van der Waals surface area contributed by atoms with Crippen molar-refractivity contribution in [1.29, 1.82) is 0 Å². The van der Waals surface area contributed by atoms with Crippen molar-refractivity contribution in [2.24, 2.45) is 0 Å². The molecular formula is C66H50O. The van der Waals surface area contributed by atoms with Crippen LogP contribution in [0.15, 0.2) is 303 Å². The van der Waals surface area contributed by atoms with Crippen molar-refractivity contribution in [2.45, 2.75) is 27.1 Å². The van der Waals surface area contributed by atoms with Crippen molar-refractivity contribution in [3.63, 3.8) is 0 Å². The maximum atomic E-state index is 19.2. The van der Waals surface area contributed by atoms with Gasteiger partial charge in [0.15, 0.2) is 5.78 Å². The summed E-state index contributed by atoms with van der Waals surface area (Å²) in [5.41, 5.74) is 2.94. The molecule has 67 heavy (non-hydrogen) atoms. The lowest BCUT2D eigenvalue weighted by molar-refractivity contribution is -0.141. The van der Waals surface area contributed by atoms with Crippen LogP contribution in [0, 0.1) is 0 Å². The smallest absolute Gasteiger partial charge is 0.165 e. The van der Waals surface area contributed by atoms with Gasteiger partial charge in [-0.25, -0.2) is 0 Å². The number of rotatable bonds is 10. The van der Waals surface area contributed by atoms with Gasteiger partial charge in [-0.3, -0.25) is 4.79 Å². The van der Waals surface area contributed by atoms with Gasteiger partial charge < -0.3 is 0 Å². The van der Waals surface area contributed by atoms with Gasteiger partial charge in [0.05, 0.1) is 27.1 Å². The third kappa shape index (κ3) is 5.58. The van der Waals surface area contributed by atoms with Gasteiger partial charge in [-0.2, -0.15) is 0 Å². The summed E-state index contributed by atoms with van der Waals surface area (Å²) in [5.74, 6) is 0.0673. The molecule has 1 heteroatoms. The molecule has 10 aromatic carbocycles. The first-order chi connectivity index (χ1) is 33.2. The van der Waals surface area contributed by atoms with Crippen molar-refractivity contribution < 1.29 is 4.79 Å². The van der Waals surface area contributed by atoms with Gasteiger partial charge in [-0.1, -0.05) is 303 Å². The van der Waals surface area contributed by atoms with Crippen LogP contribution in [0.3, 0.4) is 0 Å². The van der Waals surface area contributed by atoms with Crippen molar-refractivity contribution in [3.8, 4) is 0 Å². The minimum Gasteiger partial charge on any atom is -0.297 e. The molecule has 0 atom stereocenters. The number of hydrogen-bond acceptors (Lipinski definition) is 1. The lowest BCUT2D eigenvalue weighted by atomic mass is 9.22. The first-order valence-electron chi connectivity index (χ1n) is 23.3. The molecule has 0 N–H and O–H groups in total. The molecule has 0 spiro atoms. The monoisotopic (exact) mass is 858 g/mol. The Kier molecular flexibility index (Phi) is 10.6. The quantitative estimate of drug-likeness (QED) is 0.134. The van der Waals surface area contributed by atoms with Crippen LogP contribution in [0.4, 0.5) is 0 Å². The topological polar surface area (TPSA) is 17.1 Å². The van der Waals surface area contributed by atoms with Crippen LogP contribution in [0.25, 0.3) is 0 Å². The third-order valence-electron chi connectivity index (χ3n) is 15.0. The standard InChI is InChI=1S/C66H50O/c67-61-62(51-31-11-1-12-32-51,52-33-13-2-14-34-52)64(55-39-19-5-20-40-55,56-41-21-6-22-42-56)66(59-47-27-9-28-48-59,60-49-29-10-30-50-60)65(57-43-23-7-24-44-57,58-45-25-8-26-46-58)63(61,53-35-15-3-16-36-53)54-37-17-4-18-38-54/h1-50H. The van der Waals surface area contributed by atoms with Crippen LogP contribution in [0.2, 0.25) is 0 Å². The number of benzene rings is 10. The summed E-state index contributed by atoms with van der Waals surface area (Å²) in [6.45, 7) is 0. The van der Waals surface area contributed by atoms with Gasteiger partial charge in [-0.15, -0.1) is 0 Å². The van der Waals surface area contributed by atoms with Gasteiger partial charge in [0.1, 0.15) is 0 Å². The predicted molar refractivity (Wildman–Crippen MR) is 273 cm³/mol. The highest BCUT2D eigenvalue weighted by Gasteiger charge is 2.86. The Morgan fingerprint density at radius 1 is 0.164 bits per heavy atom. The Labute approximate surface area is 394 Å². The molecule has 0 saturated heterocycles. The molecule has 1 nitrogen and oxygen atoms in total. The van der Waals surface area contributed by atoms with E-state index in [2.05, 4.69) is 303 Å². The van der Waals surface area contributed by atoms with Gasteiger partial charge in [0, 0.05) is 0 Å². The molecule has 0 aromatic heterocycles. The fourth-order valence-corrected chi connectivity index (χ4v) is 13.2. The van der Waals surface area contributed by atoms with E-state index in [1.807, 2.05) is 0 Å². The van der Waals surface area contributed by atoms with Crippen LogP contribution in [-0.4, -0.2) is 5.78 Å². The van der Waals surface area contributed by atoms with E-state index in [4.69, 9.17) is 0 Å². The van der Waals surface area contributed by atoms with Crippen molar-refractivity contribution in [2.75, 3.05) is 0 Å². The first-order valence-corrected chi connectivity index (χ1v) is 23.3. The number of carbonyl (C=O) groups is 1. The molecule has 11 rings (SSSR count). The van der Waals surface area contributed by atoms with Gasteiger partial charge in [0.25, 0.3) is 0 Å². The average molecular weight is 859 g/mol. The molecule has 1 saturated carbocycles. The van der Waals surface area contributed by atoms with Crippen molar-refractivity contribution in [1.82, 2.24) is 0 Å². The molecule has 0 bridgehead atoms. The first kappa shape index (κ1) is 41.6. The van der Waals surface area contributed by atoms with E-state index in [9.17, 15) is 0 Å². The second-order valence-electron chi connectivity index (χ2n) is 17.7. The molecule has 0 unspecified atom stereocenters. The molecule has 1 aliphatic carbocycles. The predicted octanol–water partition coefficient (Wildman–Crippen LogP) is 14.5.